The molecule has 11 rings (SSSR count). The third-order valence-corrected chi connectivity index (χ3v) is 10.5. The zero-order chi connectivity index (χ0) is 32.8. The van der Waals surface area contributed by atoms with E-state index in [1.807, 2.05) is 12.3 Å². The van der Waals surface area contributed by atoms with E-state index in [9.17, 15) is 0 Å². The molecule has 0 saturated heterocycles. The lowest BCUT2D eigenvalue weighted by molar-refractivity contribution is 1.18. The van der Waals surface area contributed by atoms with E-state index >= 15 is 0 Å². The Morgan fingerprint density at radius 1 is 0.380 bits per heavy atom. The highest BCUT2D eigenvalue weighted by Crippen LogP contribution is 2.44. The van der Waals surface area contributed by atoms with Crippen molar-refractivity contribution >= 4 is 65.3 Å². The quantitative estimate of drug-likeness (QED) is 0.176. The summed E-state index contributed by atoms with van der Waals surface area (Å²) in [6.45, 7) is 0. The van der Waals surface area contributed by atoms with Gasteiger partial charge in [-0.05, 0) is 81.6 Å². The molecule has 8 aromatic carbocycles. The molecular formula is C47H29N3. The van der Waals surface area contributed by atoms with Crippen molar-refractivity contribution in [3.05, 3.63) is 176 Å². The van der Waals surface area contributed by atoms with Gasteiger partial charge in [0.2, 0.25) is 0 Å². The van der Waals surface area contributed by atoms with Crippen LogP contribution in [0.3, 0.4) is 0 Å². The summed E-state index contributed by atoms with van der Waals surface area (Å²) in [5, 5.41) is 8.77. The minimum atomic E-state index is 0.989. The van der Waals surface area contributed by atoms with Gasteiger partial charge in [0.15, 0.2) is 0 Å². The highest BCUT2D eigenvalue weighted by molar-refractivity contribution is 6.27. The standard InChI is InChI=1S/C47H29N3/c1-3-11-30(12-4-1)34-25-27-43(47-39(34)17-10-28-48-47)50-40-18-8-7-16-36(40)37-22-21-32(29-44(37)50)35-24-26-42-46-38(35)23-20-31-13-9-19-41(45(31)46)49(42)33-14-5-2-6-15-33/h1-29H. The molecule has 0 aliphatic rings. The maximum atomic E-state index is 5.01. The van der Waals surface area contributed by atoms with Gasteiger partial charge in [0.25, 0.3) is 0 Å². The molecule has 3 nitrogen and oxygen atoms in total. The van der Waals surface area contributed by atoms with E-state index in [2.05, 4.69) is 173 Å². The number of aromatic nitrogens is 3. The Labute approximate surface area is 288 Å². The van der Waals surface area contributed by atoms with Crippen molar-refractivity contribution in [3.63, 3.8) is 0 Å². The van der Waals surface area contributed by atoms with E-state index in [0.29, 0.717) is 0 Å². The second kappa shape index (κ2) is 10.4. The Morgan fingerprint density at radius 3 is 1.98 bits per heavy atom. The van der Waals surface area contributed by atoms with Gasteiger partial charge in [0.1, 0.15) is 0 Å². The maximum absolute atomic E-state index is 5.01. The van der Waals surface area contributed by atoms with E-state index in [4.69, 9.17) is 4.98 Å². The summed E-state index contributed by atoms with van der Waals surface area (Å²) in [7, 11) is 0. The molecule has 232 valence electrons. The Balaban J connectivity index is 1.19. The topological polar surface area (TPSA) is 22.8 Å². The molecule has 11 aromatic rings. The van der Waals surface area contributed by atoms with Gasteiger partial charge >= 0.3 is 0 Å². The first-order valence-corrected chi connectivity index (χ1v) is 17.1. The molecule has 0 atom stereocenters. The minimum Gasteiger partial charge on any atom is -0.309 e. The van der Waals surface area contributed by atoms with Crippen molar-refractivity contribution < 1.29 is 0 Å². The van der Waals surface area contributed by atoms with Gasteiger partial charge in [-0.2, -0.15) is 0 Å². The predicted octanol–water partition coefficient (Wildman–Crippen LogP) is 12.4. The first-order valence-electron chi connectivity index (χ1n) is 17.1. The smallest absolute Gasteiger partial charge is 0.0948 e. The fourth-order valence-corrected chi connectivity index (χ4v) is 8.40. The normalized spacial score (nSPS) is 12.0. The average molecular weight is 636 g/mol. The van der Waals surface area contributed by atoms with Crippen LogP contribution in [0.5, 0.6) is 0 Å². The molecule has 0 N–H and O–H groups in total. The molecule has 3 heteroatoms. The number of hydrogen-bond acceptors (Lipinski definition) is 1. The number of hydrogen-bond donors (Lipinski definition) is 0. The monoisotopic (exact) mass is 635 g/mol. The van der Waals surface area contributed by atoms with Gasteiger partial charge in [-0.3, -0.25) is 4.98 Å². The van der Waals surface area contributed by atoms with Crippen LogP contribution in [0.2, 0.25) is 0 Å². The minimum absolute atomic E-state index is 0.989. The van der Waals surface area contributed by atoms with Crippen molar-refractivity contribution in [1.82, 2.24) is 14.1 Å². The van der Waals surface area contributed by atoms with Crippen molar-refractivity contribution in [2.75, 3.05) is 0 Å². The molecule has 0 radical (unpaired) electrons. The molecule has 0 unspecified atom stereocenters. The third-order valence-electron chi connectivity index (χ3n) is 10.5. The van der Waals surface area contributed by atoms with Gasteiger partial charge in [0.05, 0.1) is 33.3 Å². The van der Waals surface area contributed by atoms with Crippen molar-refractivity contribution in [3.8, 4) is 33.6 Å². The molecule has 0 spiro atoms. The first kappa shape index (κ1) is 27.3. The van der Waals surface area contributed by atoms with E-state index in [0.717, 1.165) is 16.6 Å². The van der Waals surface area contributed by atoms with Gasteiger partial charge in [-0.15, -0.1) is 0 Å². The SMILES string of the molecule is c1ccc(-c2ccc(-n3c4ccccc4c4ccc(-c5ccc6c7c5ccc5cccc(c57)n6-c5ccccc5)cc43)c3ncccc23)cc1. The van der Waals surface area contributed by atoms with Crippen molar-refractivity contribution in [2.45, 2.75) is 0 Å². The highest BCUT2D eigenvalue weighted by atomic mass is 15.0. The number of nitrogens with zero attached hydrogens (tertiary/aromatic N) is 3. The molecule has 0 bridgehead atoms. The molecule has 0 fully saturated rings. The molecule has 3 heterocycles. The Morgan fingerprint density at radius 2 is 1.08 bits per heavy atom. The molecule has 0 aliphatic heterocycles. The summed E-state index contributed by atoms with van der Waals surface area (Å²) in [5.41, 5.74) is 12.9. The fourth-order valence-electron chi connectivity index (χ4n) is 8.40. The van der Waals surface area contributed by atoms with Crippen LogP contribution >= 0.6 is 0 Å². The second-order valence-electron chi connectivity index (χ2n) is 13.1. The largest absolute Gasteiger partial charge is 0.309 e. The van der Waals surface area contributed by atoms with Crippen LogP contribution in [-0.4, -0.2) is 14.1 Å². The molecule has 3 aromatic heterocycles. The van der Waals surface area contributed by atoms with Crippen LogP contribution in [0.4, 0.5) is 0 Å². The lowest BCUT2D eigenvalue weighted by Crippen LogP contribution is -1.98. The summed E-state index contributed by atoms with van der Waals surface area (Å²) >= 11 is 0. The Bertz CT molecular complexity index is 3080. The summed E-state index contributed by atoms with van der Waals surface area (Å²) in [6.07, 6.45) is 1.91. The van der Waals surface area contributed by atoms with Gasteiger partial charge in [0, 0.05) is 38.8 Å². The number of rotatable bonds is 4. The second-order valence-corrected chi connectivity index (χ2v) is 13.1. The summed E-state index contributed by atoms with van der Waals surface area (Å²) in [4.78, 5) is 5.01. The third kappa shape index (κ3) is 3.77. The zero-order valence-corrected chi connectivity index (χ0v) is 27.1. The van der Waals surface area contributed by atoms with Crippen molar-refractivity contribution in [2.24, 2.45) is 0 Å². The number of pyridine rings is 1. The lowest BCUT2D eigenvalue weighted by atomic mass is 9.94. The number of benzene rings is 8. The molecule has 0 amide bonds. The van der Waals surface area contributed by atoms with E-state index in [-0.39, 0.29) is 0 Å². The molecule has 50 heavy (non-hydrogen) atoms. The Hall–Kier alpha value is -6.71. The van der Waals surface area contributed by atoms with Crippen LogP contribution in [0.25, 0.3) is 98.9 Å². The highest BCUT2D eigenvalue weighted by Gasteiger charge is 2.21. The van der Waals surface area contributed by atoms with Crippen LogP contribution in [0.15, 0.2) is 176 Å². The van der Waals surface area contributed by atoms with Crippen LogP contribution in [0, 0.1) is 0 Å². The lowest BCUT2D eigenvalue weighted by Gasteiger charge is -2.15. The summed E-state index contributed by atoms with van der Waals surface area (Å²) < 4.78 is 4.82. The number of fused-ring (bicyclic) bond motifs is 4. The number of para-hydroxylation sites is 2. The van der Waals surface area contributed by atoms with E-state index in [1.54, 1.807) is 0 Å². The first-order chi connectivity index (χ1) is 24.8. The van der Waals surface area contributed by atoms with E-state index in [1.165, 1.54) is 82.3 Å². The zero-order valence-electron chi connectivity index (χ0n) is 27.1. The van der Waals surface area contributed by atoms with Crippen LogP contribution < -0.4 is 0 Å². The Kier molecular flexibility index (Phi) is 5.67. The summed E-state index contributed by atoms with van der Waals surface area (Å²) in [5.74, 6) is 0. The summed E-state index contributed by atoms with van der Waals surface area (Å²) in [6, 6.07) is 61.6. The maximum Gasteiger partial charge on any atom is 0.0948 e. The molecule has 0 aliphatic carbocycles. The fraction of sp³-hybridized carbons (Fsp3) is 0. The van der Waals surface area contributed by atoms with Crippen LogP contribution in [0.1, 0.15) is 0 Å². The van der Waals surface area contributed by atoms with Crippen LogP contribution in [-0.2, 0) is 0 Å². The van der Waals surface area contributed by atoms with Gasteiger partial charge < -0.3 is 9.13 Å². The predicted molar refractivity (Wildman–Crippen MR) is 210 cm³/mol. The van der Waals surface area contributed by atoms with Gasteiger partial charge in [-0.25, -0.2) is 0 Å². The molecular weight excluding hydrogens is 607 g/mol. The van der Waals surface area contributed by atoms with E-state index < -0.39 is 0 Å². The van der Waals surface area contributed by atoms with Gasteiger partial charge in [-0.1, -0.05) is 121 Å². The van der Waals surface area contributed by atoms with Crippen molar-refractivity contribution in [1.29, 1.82) is 0 Å². The molecule has 0 saturated carbocycles. The average Bonchev–Trinajstić information content (AvgIpc) is 3.70.